The molecule has 1 saturated carbocycles. The Balaban J connectivity index is 1.64. The molecule has 3 heteroatoms. The van der Waals surface area contributed by atoms with Crippen molar-refractivity contribution in [2.24, 2.45) is 5.92 Å². The van der Waals surface area contributed by atoms with Gasteiger partial charge in [-0.3, -0.25) is 4.90 Å². The van der Waals surface area contributed by atoms with E-state index in [0.29, 0.717) is 6.04 Å². The Bertz CT molecular complexity index is 438. The largest absolute Gasteiger partial charge is 0.468 e. The molecule has 2 fully saturated rings. The van der Waals surface area contributed by atoms with Gasteiger partial charge in [0.15, 0.2) is 0 Å². The van der Waals surface area contributed by atoms with Crippen LogP contribution in [0.3, 0.4) is 0 Å². The molecule has 0 bridgehead atoms. The lowest BCUT2D eigenvalue weighted by Gasteiger charge is -2.44. The van der Waals surface area contributed by atoms with Crippen LogP contribution in [-0.2, 0) is 13.1 Å². The quantitative estimate of drug-likeness (QED) is 0.890. The highest BCUT2D eigenvalue weighted by molar-refractivity contribution is 5.17. The van der Waals surface area contributed by atoms with E-state index in [1.807, 2.05) is 6.26 Å². The van der Waals surface area contributed by atoms with Gasteiger partial charge in [-0.05, 0) is 44.2 Å². The van der Waals surface area contributed by atoms with Crippen LogP contribution in [-0.4, -0.2) is 23.5 Å². The molecule has 1 N–H and O–H groups in total. The van der Waals surface area contributed by atoms with Crippen LogP contribution in [0.25, 0.3) is 0 Å². The average Bonchev–Trinajstić information content (AvgIpc) is 2.93. The molecule has 0 spiro atoms. The molecule has 2 aliphatic rings. The van der Waals surface area contributed by atoms with Crippen molar-refractivity contribution in [1.82, 2.24) is 10.2 Å². The maximum atomic E-state index is 5.70. The molecule has 1 aromatic heterocycles. The number of piperidine rings is 1. The first kappa shape index (κ1) is 15.1. The van der Waals surface area contributed by atoms with Gasteiger partial charge in [-0.15, -0.1) is 0 Å². The number of hydrogen-bond donors (Lipinski definition) is 1. The van der Waals surface area contributed by atoms with E-state index in [2.05, 4.69) is 30.1 Å². The van der Waals surface area contributed by atoms with Crippen molar-refractivity contribution in [3.63, 3.8) is 0 Å². The SMILES string of the molecule is CC(C)NCc1occc1CN1CCCC2CCCCC21. The van der Waals surface area contributed by atoms with Gasteiger partial charge >= 0.3 is 0 Å². The van der Waals surface area contributed by atoms with Gasteiger partial charge in [0.2, 0.25) is 0 Å². The maximum absolute atomic E-state index is 5.70. The summed E-state index contributed by atoms with van der Waals surface area (Å²) in [5, 5.41) is 3.47. The molecule has 2 unspecified atom stereocenters. The van der Waals surface area contributed by atoms with Crippen molar-refractivity contribution < 1.29 is 4.42 Å². The number of likely N-dealkylation sites (tertiary alicyclic amines) is 1. The first-order valence-electron chi connectivity index (χ1n) is 8.76. The third kappa shape index (κ3) is 3.70. The van der Waals surface area contributed by atoms with Gasteiger partial charge in [0.25, 0.3) is 0 Å². The first-order chi connectivity index (χ1) is 10.2. The van der Waals surface area contributed by atoms with Crippen molar-refractivity contribution in [3.05, 3.63) is 23.7 Å². The lowest BCUT2D eigenvalue weighted by atomic mass is 9.78. The second-order valence-electron chi connectivity index (χ2n) is 7.13. The maximum Gasteiger partial charge on any atom is 0.122 e. The van der Waals surface area contributed by atoms with Gasteiger partial charge in [0, 0.05) is 24.2 Å². The summed E-state index contributed by atoms with van der Waals surface area (Å²) >= 11 is 0. The fraction of sp³-hybridized carbons (Fsp3) is 0.778. The van der Waals surface area contributed by atoms with E-state index in [0.717, 1.165) is 30.8 Å². The summed E-state index contributed by atoms with van der Waals surface area (Å²) in [5.41, 5.74) is 1.38. The third-order valence-electron chi connectivity index (χ3n) is 5.24. The number of rotatable bonds is 5. The van der Waals surface area contributed by atoms with Crippen molar-refractivity contribution in [2.45, 2.75) is 77.5 Å². The van der Waals surface area contributed by atoms with E-state index in [1.165, 1.54) is 50.6 Å². The molecule has 21 heavy (non-hydrogen) atoms. The topological polar surface area (TPSA) is 28.4 Å². The fourth-order valence-electron chi connectivity index (χ4n) is 4.10. The normalized spacial score (nSPS) is 27.0. The lowest BCUT2D eigenvalue weighted by Crippen LogP contribution is -2.46. The number of furan rings is 1. The minimum Gasteiger partial charge on any atom is -0.468 e. The van der Waals surface area contributed by atoms with Crippen LogP contribution in [0.2, 0.25) is 0 Å². The Morgan fingerprint density at radius 3 is 2.90 bits per heavy atom. The van der Waals surface area contributed by atoms with Gasteiger partial charge in [-0.1, -0.05) is 26.7 Å². The van der Waals surface area contributed by atoms with Gasteiger partial charge in [0.1, 0.15) is 5.76 Å². The zero-order valence-electron chi connectivity index (χ0n) is 13.6. The van der Waals surface area contributed by atoms with Gasteiger partial charge in [-0.25, -0.2) is 0 Å². The van der Waals surface area contributed by atoms with E-state index in [9.17, 15) is 0 Å². The van der Waals surface area contributed by atoms with Crippen LogP contribution in [0.1, 0.15) is 63.7 Å². The number of fused-ring (bicyclic) bond motifs is 1. The number of hydrogen-bond acceptors (Lipinski definition) is 3. The van der Waals surface area contributed by atoms with Crippen molar-refractivity contribution >= 4 is 0 Å². The summed E-state index contributed by atoms with van der Waals surface area (Å²) in [6.07, 6.45) is 10.4. The van der Waals surface area contributed by atoms with Crippen molar-refractivity contribution in [2.75, 3.05) is 6.54 Å². The van der Waals surface area contributed by atoms with E-state index in [4.69, 9.17) is 4.42 Å². The van der Waals surface area contributed by atoms with Crippen molar-refractivity contribution in [3.8, 4) is 0 Å². The molecule has 1 aliphatic heterocycles. The van der Waals surface area contributed by atoms with Crippen LogP contribution < -0.4 is 5.32 Å². The number of nitrogens with zero attached hydrogens (tertiary/aromatic N) is 1. The standard InChI is InChI=1S/C18H30N2O/c1-14(2)19-12-18-16(9-11-21-18)13-20-10-5-7-15-6-3-4-8-17(15)20/h9,11,14-15,17,19H,3-8,10,12-13H2,1-2H3. The first-order valence-corrected chi connectivity index (χ1v) is 8.76. The molecule has 118 valence electrons. The highest BCUT2D eigenvalue weighted by Gasteiger charge is 2.33. The lowest BCUT2D eigenvalue weighted by molar-refractivity contribution is 0.0542. The summed E-state index contributed by atoms with van der Waals surface area (Å²) in [4.78, 5) is 2.73. The van der Waals surface area contributed by atoms with Crippen LogP contribution >= 0.6 is 0 Å². The molecule has 0 radical (unpaired) electrons. The summed E-state index contributed by atoms with van der Waals surface area (Å²) in [6, 6.07) is 3.50. The molecule has 0 amide bonds. The summed E-state index contributed by atoms with van der Waals surface area (Å²) in [7, 11) is 0. The van der Waals surface area contributed by atoms with E-state index in [-0.39, 0.29) is 0 Å². The highest BCUT2D eigenvalue weighted by atomic mass is 16.3. The zero-order chi connectivity index (χ0) is 14.7. The van der Waals surface area contributed by atoms with E-state index < -0.39 is 0 Å². The highest BCUT2D eigenvalue weighted by Crippen LogP contribution is 2.36. The minimum atomic E-state index is 0.501. The van der Waals surface area contributed by atoms with E-state index in [1.54, 1.807) is 0 Å². The van der Waals surface area contributed by atoms with Crippen LogP contribution in [0.4, 0.5) is 0 Å². The molecule has 1 saturated heterocycles. The molecule has 0 aromatic carbocycles. The molecular weight excluding hydrogens is 260 g/mol. The predicted octanol–water partition coefficient (Wildman–Crippen LogP) is 3.93. The molecule has 3 rings (SSSR count). The smallest absolute Gasteiger partial charge is 0.122 e. The Labute approximate surface area is 129 Å². The molecule has 2 heterocycles. The third-order valence-corrected chi connectivity index (χ3v) is 5.24. The molecule has 2 atom stereocenters. The summed E-state index contributed by atoms with van der Waals surface area (Å²) in [5.74, 6) is 2.08. The second kappa shape index (κ2) is 6.97. The fourth-order valence-corrected chi connectivity index (χ4v) is 4.10. The Hall–Kier alpha value is -0.800. The predicted molar refractivity (Wildman–Crippen MR) is 86.1 cm³/mol. The Morgan fingerprint density at radius 1 is 1.24 bits per heavy atom. The summed E-state index contributed by atoms with van der Waals surface area (Å²) < 4.78 is 5.70. The summed E-state index contributed by atoms with van der Waals surface area (Å²) in [6.45, 7) is 7.55. The van der Waals surface area contributed by atoms with Gasteiger partial charge < -0.3 is 9.73 Å². The van der Waals surface area contributed by atoms with Gasteiger partial charge in [0.05, 0.1) is 12.8 Å². The molecule has 1 aromatic rings. The average molecular weight is 290 g/mol. The monoisotopic (exact) mass is 290 g/mol. The van der Waals surface area contributed by atoms with Crippen LogP contribution in [0.5, 0.6) is 0 Å². The van der Waals surface area contributed by atoms with E-state index >= 15 is 0 Å². The van der Waals surface area contributed by atoms with Crippen LogP contribution in [0.15, 0.2) is 16.7 Å². The molecular formula is C18H30N2O. The number of nitrogens with one attached hydrogen (secondary N) is 1. The molecule has 3 nitrogen and oxygen atoms in total. The van der Waals surface area contributed by atoms with Crippen molar-refractivity contribution in [1.29, 1.82) is 0 Å². The second-order valence-corrected chi connectivity index (χ2v) is 7.13. The zero-order valence-corrected chi connectivity index (χ0v) is 13.6. The van der Waals surface area contributed by atoms with Crippen LogP contribution in [0, 0.1) is 5.92 Å². The Kier molecular flexibility index (Phi) is 5.02. The minimum absolute atomic E-state index is 0.501. The molecule has 1 aliphatic carbocycles. The Morgan fingerprint density at radius 2 is 2.05 bits per heavy atom. The van der Waals surface area contributed by atoms with Gasteiger partial charge in [-0.2, -0.15) is 0 Å².